The van der Waals surface area contributed by atoms with Crippen molar-refractivity contribution in [3.8, 4) is 11.5 Å². The normalized spacial score (nSPS) is 19.7. The van der Waals surface area contributed by atoms with Gasteiger partial charge in [0.15, 0.2) is 0 Å². The number of aldehydes is 1. The Hall–Kier alpha value is -2.37. The number of methoxy groups -OCH3 is 2. The number of likely N-dealkylation sites (tertiary alicyclic amines) is 1. The highest BCUT2D eigenvalue weighted by molar-refractivity contribution is 5.55. The van der Waals surface area contributed by atoms with E-state index in [1.807, 2.05) is 32.0 Å². The van der Waals surface area contributed by atoms with E-state index in [1.165, 1.54) is 16.7 Å². The summed E-state index contributed by atoms with van der Waals surface area (Å²) in [5.74, 6) is 1.80. The van der Waals surface area contributed by atoms with Gasteiger partial charge in [-0.25, -0.2) is 0 Å². The van der Waals surface area contributed by atoms with Crippen molar-refractivity contribution in [1.29, 1.82) is 0 Å². The van der Waals surface area contributed by atoms with Crippen LogP contribution in [0.25, 0.3) is 0 Å². The van der Waals surface area contributed by atoms with Crippen LogP contribution in [-0.2, 0) is 23.2 Å². The van der Waals surface area contributed by atoms with Gasteiger partial charge in [0.2, 0.25) is 0 Å². The minimum absolute atomic E-state index is 0.0342. The summed E-state index contributed by atoms with van der Waals surface area (Å²) < 4.78 is 10.5. The molecule has 0 bridgehead atoms. The molecule has 2 unspecified atom stereocenters. The second kappa shape index (κ2) is 15.6. The summed E-state index contributed by atoms with van der Waals surface area (Å²) >= 11 is 0. The summed E-state index contributed by atoms with van der Waals surface area (Å²) in [6, 6.07) is 15.0. The van der Waals surface area contributed by atoms with Gasteiger partial charge in [0.05, 0.1) is 14.2 Å². The van der Waals surface area contributed by atoms with Crippen LogP contribution >= 0.6 is 0 Å². The van der Waals surface area contributed by atoms with Gasteiger partial charge in [0.1, 0.15) is 17.8 Å². The molecule has 0 spiro atoms. The lowest BCUT2D eigenvalue weighted by molar-refractivity contribution is -0.109. The highest BCUT2D eigenvalue weighted by atomic mass is 16.5. The quantitative estimate of drug-likeness (QED) is 0.431. The monoisotopic (exact) mass is 484 g/mol. The number of carbonyl (C=O) groups excluding carboxylic acids is 1. The molecule has 0 saturated carbocycles. The van der Waals surface area contributed by atoms with Crippen LogP contribution in [0.4, 0.5) is 0 Å². The molecule has 0 N–H and O–H groups in total. The average Bonchev–Trinajstić information content (AvgIpc) is 2.88. The topological polar surface area (TPSA) is 42.0 Å². The molecular weight excluding hydrogens is 436 g/mol. The summed E-state index contributed by atoms with van der Waals surface area (Å²) in [7, 11) is 9.67. The van der Waals surface area contributed by atoms with E-state index in [1.54, 1.807) is 14.2 Å². The highest BCUT2D eigenvalue weighted by Gasteiger charge is 2.39. The third kappa shape index (κ3) is 8.97. The predicted octanol–water partition coefficient (Wildman–Crippen LogP) is 5.98. The Kier molecular flexibility index (Phi) is 13.7. The third-order valence-electron chi connectivity index (χ3n) is 6.78. The summed E-state index contributed by atoms with van der Waals surface area (Å²) in [6.45, 7) is 10.4. The maximum absolute atomic E-state index is 11.3. The zero-order chi connectivity index (χ0) is 26.4. The second-order valence-electron chi connectivity index (χ2n) is 9.40. The van der Waals surface area contributed by atoms with E-state index < -0.39 is 0 Å². The lowest BCUT2D eigenvalue weighted by atomic mass is 9.67. The van der Waals surface area contributed by atoms with Crippen LogP contribution in [0.5, 0.6) is 11.5 Å². The maximum atomic E-state index is 11.3. The van der Waals surface area contributed by atoms with Crippen molar-refractivity contribution in [3.05, 3.63) is 59.2 Å². The summed E-state index contributed by atoms with van der Waals surface area (Å²) in [6.07, 6.45) is 4.75. The number of benzene rings is 2. The highest BCUT2D eigenvalue weighted by Crippen LogP contribution is 2.43. The van der Waals surface area contributed by atoms with Gasteiger partial charge in [-0.2, -0.15) is 0 Å². The number of carbonyl (C=O) groups is 1. The fourth-order valence-corrected chi connectivity index (χ4v) is 4.71. The lowest BCUT2D eigenvalue weighted by Gasteiger charge is -2.45. The molecule has 0 aromatic heterocycles. The van der Waals surface area contributed by atoms with Crippen LogP contribution in [0.1, 0.15) is 63.6 Å². The molecule has 196 valence electrons. The molecule has 2 atom stereocenters. The number of rotatable bonds is 8. The van der Waals surface area contributed by atoms with Gasteiger partial charge in [0.25, 0.3) is 0 Å². The zero-order valence-electron chi connectivity index (χ0n) is 23.6. The fraction of sp³-hybridized carbons (Fsp3) is 0.567. The molecule has 35 heavy (non-hydrogen) atoms. The van der Waals surface area contributed by atoms with Crippen molar-refractivity contribution >= 4 is 6.29 Å². The molecule has 0 radical (unpaired) electrons. The first kappa shape index (κ1) is 30.7. The number of hydrogen-bond donors (Lipinski definition) is 0. The van der Waals surface area contributed by atoms with Gasteiger partial charge >= 0.3 is 0 Å². The Bertz CT molecular complexity index is 866. The Morgan fingerprint density at radius 1 is 1.06 bits per heavy atom. The van der Waals surface area contributed by atoms with Crippen LogP contribution in [0, 0.1) is 0 Å². The minimum atomic E-state index is -0.0342. The SMILES string of the molecule is CC.CCc1ccc(OC)cc1C1(CC=O)CCN(C)C(C)C1.COc1ccc(CN(C)C)cc1. The van der Waals surface area contributed by atoms with Crippen molar-refractivity contribution in [2.24, 2.45) is 0 Å². The van der Waals surface area contributed by atoms with Crippen molar-refractivity contribution in [1.82, 2.24) is 9.80 Å². The van der Waals surface area contributed by atoms with Gasteiger partial charge in [0, 0.05) is 24.4 Å². The largest absolute Gasteiger partial charge is 0.497 e. The fourth-order valence-electron chi connectivity index (χ4n) is 4.71. The Morgan fingerprint density at radius 2 is 1.66 bits per heavy atom. The Morgan fingerprint density at radius 3 is 2.14 bits per heavy atom. The molecule has 5 heteroatoms. The van der Waals surface area contributed by atoms with Crippen LogP contribution in [0.15, 0.2) is 42.5 Å². The van der Waals surface area contributed by atoms with Crippen LogP contribution < -0.4 is 9.47 Å². The Balaban J connectivity index is 0.000000372. The van der Waals surface area contributed by atoms with Crippen molar-refractivity contribution in [2.45, 2.75) is 71.4 Å². The van der Waals surface area contributed by atoms with Gasteiger partial charge in [-0.15, -0.1) is 0 Å². The van der Waals surface area contributed by atoms with E-state index in [0.717, 1.165) is 50.1 Å². The second-order valence-corrected chi connectivity index (χ2v) is 9.40. The number of ether oxygens (including phenoxy) is 2. The van der Waals surface area contributed by atoms with Gasteiger partial charge in [-0.05, 0) is 94.8 Å². The number of nitrogens with zero attached hydrogens (tertiary/aromatic N) is 2. The maximum Gasteiger partial charge on any atom is 0.120 e. The molecule has 5 nitrogen and oxygen atoms in total. The predicted molar refractivity (Wildman–Crippen MR) is 148 cm³/mol. The number of hydrogen-bond acceptors (Lipinski definition) is 5. The molecule has 1 saturated heterocycles. The van der Waals surface area contributed by atoms with Crippen molar-refractivity contribution in [2.75, 3.05) is 41.9 Å². The van der Waals surface area contributed by atoms with E-state index in [0.29, 0.717) is 12.5 Å². The van der Waals surface area contributed by atoms with E-state index in [2.05, 4.69) is 69.1 Å². The Labute approximate surface area is 214 Å². The van der Waals surface area contributed by atoms with E-state index in [-0.39, 0.29) is 5.41 Å². The van der Waals surface area contributed by atoms with Crippen LogP contribution in [0.2, 0.25) is 0 Å². The summed E-state index contributed by atoms with van der Waals surface area (Å²) in [4.78, 5) is 15.9. The van der Waals surface area contributed by atoms with Gasteiger partial charge in [-0.1, -0.05) is 39.0 Å². The first-order chi connectivity index (χ1) is 16.8. The van der Waals surface area contributed by atoms with E-state index in [4.69, 9.17) is 9.47 Å². The molecule has 0 aliphatic carbocycles. The first-order valence-electron chi connectivity index (χ1n) is 12.9. The zero-order valence-corrected chi connectivity index (χ0v) is 23.6. The van der Waals surface area contributed by atoms with Crippen molar-refractivity contribution < 1.29 is 14.3 Å². The lowest BCUT2D eigenvalue weighted by Crippen LogP contribution is -2.46. The average molecular weight is 485 g/mol. The first-order valence-corrected chi connectivity index (χ1v) is 12.9. The molecule has 2 aromatic carbocycles. The molecule has 2 aromatic rings. The van der Waals surface area contributed by atoms with Crippen LogP contribution in [0.3, 0.4) is 0 Å². The molecule has 1 fully saturated rings. The standard InChI is InChI=1S/C18H27NO2.C10H15NO.C2H6/c1-5-15-6-7-16(21-4)12-17(15)18(9-11-20)8-10-19(3)14(2)13-18;1-11(2)8-9-4-6-10(12-3)7-5-9;1-2/h6-7,11-12,14H,5,8-10,13H2,1-4H3;4-7H,8H2,1-3H3;1-2H3. The van der Waals surface area contributed by atoms with Gasteiger partial charge < -0.3 is 24.1 Å². The minimum Gasteiger partial charge on any atom is -0.497 e. The number of aryl methyl sites for hydroxylation is 1. The smallest absolute Gasteiger partial charge is 0.120 e. The number of piperidine rings is 1. The van der Waals surface area contributed by atoms with Gasteiger partial charge in [-0.3, -0.25) is 0 Å². The molecular formula is C30H48N2O3. The third-order valence-corrected chi connectivity index (χ3v) is 6.78. The summed E-state index contributed by atoms with van der Waals surface area (Å²) in [5.41, 5.74) is 3.93. The van der Waals surface area contributed by atoms with Crippen LogP contribution in [-0.4, -0.2) is 64.0 Å². The molecule has 1 aliphatic heterocycles. The van der Waals surface area contributed by atoms with E-state index >= 15 is 0 Å². The molecule has 1 aliphatic rings. The molecule has 0 amide bonds. The summed E-state index contributed by atoms with van der Waals surface area (Å²) in [5, 5.41) is 0. The van der Waals surface area contributed by atoms with Crippen molar-refractivity contribution in [3.63, 3.8) is 0 Å². The molecule has 3 rings (SSSR count). The van der Waals surface area contributed by atoms with E-state index in [9.17, 15) is 4.79 Å². The molecule has 1 heterocycles.